The Morgan fingerprint density at radius 3 is 2.55 bits per heavy atom. The van der Waals surface area contributed by atoms with E-state index in [1.807, 2.05) is 18.2 Å². The molecule has 2 aliphatic rings. The highest BCUT2D eigenvalue weighted by atomic mass is 19.4. The number of hydrogen-bond donors (Lipinski definition) is 1. The van der Waals surface area contributed by atoms with E-state index in [1.165, 1.54) is 4.90 Å². The fourth-order valence-corrected chi connectivity index (χ4v) is 3.50. The first-order chi connectivity index (χ1) is 9.48. The minimum Gasteiger partial charge on any atom is -0.360 e. The third-order valence-corrected chi connectivity index (χ3v) is 4.41. The highest BCUT2D eigenvalue weighted by molar-refractivity contribution is 5.55. The van der Waals surface area contributed by atoms with E-state index in [0.717, 1.165) is 36.9 Å². The molecule has 0 atom stereocenters. The summed E-state index contributed by atoms with van der Waals surface area (Å²) in [6, 6.07) is 7.42. The Bertz CT molecular complexity index is 478. The zero-order valence-corrected chi connectivity index (χ0v) is 11.3. The van der Waals surface area contributed by atoms with Crippen LogP contribution in [0, 0.1) is 0 Å². The lowest BCUT2D eigenvalue weighted by Gasteiger charge is -2.35. The zero-order chi connectivity index (χ0) is 14.2. The summed E-state index contributed by atoms with van der Waals surface area (Å²) in [5.74, 6) is 0. The molecule has 0 unspecified atom stereocenters. The molecule has 1 aromatic rings. The van der Waals surface area contributed by atoms with Crippen molar-refractivity contribution < 1.29 is 13.2 Å². The number of halogens is 3. The molecule has 1 aliphatic carbocycles. The van der Waals surface area contributed by atoms with Crippen LogP contribution in [-0.2, 0) is 6.54 Å². The smallest absolute Gasteiger partial charge is 0.360 e. The Balaban J connectivity index is 1.93. The lowest BCUT2D eigenvalue weighted by atomic mass is 9.97. The van der Waals surface area contributed by atoms with Gasteiger partial charge in [0, 0.05) is 24.3 Å². The Labute approximate surface area is 117 Å². The lowest BCUT2D eigenvalue weighted by Crippen LogP contribution is -2.51. The summed E-state index contributed by atoms with van der Waals surface area (Å²) in [4.78, 5) is 1.51. The van der Waals surface area contributed by atoms with E-state index >= 15 is 0 Å². The minimum absolute atomic E-state index is 0.149. The quantitative estimate of drug-likeness (QED) is 0.849. The number of nitrogens with one attached hydrogen (secondary N) is 1. The van der Waals surface area contributed by atoms with Crippen molar-refractivity contribution in [2.24, 2.45) is 0 Å². The predicted octanol–water partition coefficient (Wildman–Crippen LogP) is 3.47. The van der Waals surface area contributed by atoms with Crippen molar-refractivity contribution >= 4 is 5.69 Å². The van der Waals surface area contributed by atoms with Crippen molar-refractivity contribution in [3.05, 3.63) is 29.8 Å². The minimum atomic E-state index is -4.17. The normalized spacial score (nSPS) is 21.9. The topological polar surface area (TPSA) is 15.3 Å². The van der Waals surface area contributed by atoms with Gasteiger partial charge in [0.15, 0.2) is 0 Å². The van der Waals surface area contributed by atoms with Crippen LogP contribution < -0.4 is 10.2 Å². The summed E-state index contributed by atoms with van der Waals surface area (Å²) < 4.78 is 38.6. The van der Waals surface area contributed by atoms with Crippen LogP contribution in [0.25, 0.3) is 0 Å². The van der Waals surface area contributed by atoms with E-state index < -0.39 is 12.7 Å². The predicted molar refractivity (Wildman–Crippen MR) is 72.7 cm³/mol. The third kappa shape index (κ3) is 2.77. The maximum Gasteiger partial charge on any atom is 0.405 e. The summed E-state index contributed by atoms with van der Waals surface area (Å²) >= 11 is 0. The van der Waals surface area contributed by atoms with Crippen LogP contribution in [0.1, 0.15) is 31.2 Å². The molecule has 1 N–H and O–H groups in total. The van der Waals surface area contributed by atoms with Gasteiger partial charge in [-0.1, -0.05) is 31.0 Å². The number of fused-ring (bicyclic) bond motifs is 1. The Morgan fingerprint density at radius 1 is 1.15 bits per heavy atom. The summed E-state index contributed by atoms with van der Waals surface area (Å²) in [6.07, 6.45) is -0.0334. The Hall–Kier alpha value is -1.23. The van der Waals surface area contributed by atoms with Crippen molar-refractivity contribution in [1.29, 1.82) is 0 Å². The molecular formula is C15H19F3N2. The van der Waals surface area contributed by atoms with Gasteiger partial charge in [0.2, 0.25) is 0 Å². The zero-order valence-electron chi connectivity index (χ0n) is 11.3. The van der Waals surface area contributed by atoms with Crippen LogP contribution in [0.3, 0.4) is 0 Å². The van der Waals surface area contributed by atoms with Gasteiger partial charge < -0.3 is 10.2 Å². The van der Waals surface area contributed by atoms with Crippen molar-refractivity contribution in [2.75, 3.05) is 18.0 Å². The van der Waals surface area contributed by atoms with E-state index in [-0.39, 0.29) is 5.54 Å². The summed E-state index contributed by atoms with van der Waals surface area (Å²) in [6.45, 7) is 0.238. The van der Waals surface area contributed by atoms with Crippen molar-refractivity contribution in [2.45, 2.75) is 43.9 Å². The van der Waals surface area contributed by atoms with E-state index in [9.17, 15) is 13.2 Å². The lowest BCUT2D eigenvalue weighted by molar-refractivity contribution is -0.120. The van der Waals surface area contributed by atoms with Crippen molar-refractivity contribution in [3.8, 4) is 0 Å². The first kappa shape index (κ1) is 13.7. The molecular weight excluding hydrogens is 265 g/mol. The summed E-state index contributed by atoms with van der Waals surface area (Å²) in [7, 11) is 0. The molecule has 110 valence electrons. The number of nitrogens with zero attached hydrogens (tertiary/aromatic N) is 1. The average Bonchev–Trinajstić information content (AvgIpc) is 2.77. The number of rotatable bonds is 1. The molecule has 1 fully saturated rings. The summed E-state index contributed by atoms with van der Waals surface area (Å²) in [5.41, 5.74) is 1.53. The highest BCUT2D eigenvalue weighted by Gasteiger charge is 2.40. The number of anilines is 1. The molecule has 1 aromatic carbocycles. The van der Waals surface area contributed by atoms with E-state index in [2.05, 4.69) is 5.32 Å². The fourth-order valence-electron chi connectivity index (χ4n) is 3.50. The van der Waals surface area contributed by atoms with Crippen LogP contribution >= 0.6 is 0 Å². The molecule has 5 heteroatoms. The fraction of sp³-hybridized carbons (Fsp3) is 0.600. The van der Waals surface area contributed by atoms with Crippen LogP contribution in [0.2, 0.25) is 0 Å². The monoisotopic (exact) mass is 284 g/mol. The van der Waals surface area contributed by atoms with Crippen LogP contribution in [0.15, 0.2) is 24.3 Å². The van der Waals surface area contributed by atoms with E-state index in [1.54, 1.807) is 6.07 Å². The van der Waals surface area contributed by atoms with Gasteiger partial charge in [0.1, 0.15) is 6.54 Å². The SMILES string of the molecule is FC(F)(F)CN1CC2(CCCC2)NCc2ccccc21. The maximum absolute atomic E-state index is 12.9. The summed E-state index contributed by atoms with van der Waals surface area (Å²) in [5, 5.41) is 3.52. The number of alkyl halides is 3. The maximum atomic E-state index is 12.9. The first-order valence-corrected chi connectivity index (χ1v) is 7.12. The standard InChI is InChI=1S/C15H19F3N2/c16-15(17,18)11-20-10-14(7-3-4-8-14)19-9-12-5-1-2-6-13(12)20/h1-2,5-6,19H,3-4,7-11H2. The Kier molecular flexibility index (Phi) is 3.40. The second kappa shape index (κ2) is 4.95. The van der Waals surface area contributed by atoms with Gasteiger partial charge >= 0.3 is 6.18 Å². The number of para-hydroxylation sites is 1. The average molecular weight is 284 g/mol. The van der Waals surface area contributed by atoms with Gasteiger partial charge in [0.25, 0.3) is 0 Å². The van der Waals surface area contributed by atoms with Crippen LogP contribution in [0.4, 0.5) is 18.9 Å². The van der Waals surface area contributed by atoms with Gasteiger partial charge in [-0.25, -0.2) is 0 Å². The molecule has 1 aliphatic heterocycles. The largest absolute Gasteiger partial charge is 0.405 e. The Morgan fingerprint density at radius 2 is 1.85 bits per heavy atom. The molecule has 1 spiro atoms. The molecule has 1 heterocycles. The van der Waals surface area contributed by atoms with Gasteiger partial charge in [-0.2, -0.15) is 13.2 Å². The van der Waals surface area contributed by atoms with Gasteiger partial charge in [-0.05, 0) is 24.5 Å². The van der Waals surface area contributed by atoms with E-state index in [0.29, 0.717) is 13.1 Å². The first-order valence-electron chi connectivity index (χ1n) is 7.12. The van der Waals surface area contributed by atoms with Gasteiger partial charge in [-0.3, -0.25) is 0 Å². The second-order valence-corrected chi connectivity index (χ2v) is 5.94. The van der Waals surface area contributed by atoms with Crippen LogP contribution in [0.5, 0.6) is 0 Å². The van der Waals surface area contributed by atoms with Crippen molar-refractivity contribution in [3.63, 3.8) is 0 Å². The van der Waals surface area contributed by atoms with Crippen LogP contribution in [-0.4, -0.2) is 24.8 Å². The van der Waals surface area contributed by atoms with Gasteiger partial charge in [0.05, 0.1) is 0 Å². The molecule has 0 radical (unpaired) electrons. The van der Waals surface area contributed by atoms with Crippen molar-refractivity contribution in [1.82, 2.24) is 5.32 Å². The molecule has 1 saturated carbocycles. The molecule has 2 nitrogen and oxygen atoms in total. The second-order valence-electron chi connectivity index (χ2n) is 5.94. The highest BCUT2D eigenvalue weighted by Crippen LogP contribution is 2.36. The molecule has 3 rings (SSSR count). The van der Waals surface area contributed by atoms with E-state index in [4.69, 9.17) is 0 Å². The van der Waals surface area contributed by atoms with Gasteiger partial charge in [-0.15, -0.1) is 0 Å². The number of hydrogen-bond acceptors (Lipinski definition) is 2. The molecule has 0 aromatic heterocycles. The molecule has 20 heavy (non-hydrogen) atoms. The number of benzene rings is 1. The molecule has 0 bridgehead atoms. The molecule has 0 saturated heterocycles. The molecule has 0 amide bonds. The third-order valence-electron chi connectivity index (χ3n) is 4.41.